The second-order valence-electron chi connectivity index (χ2n) is 5.35. The van der Waals surface area contributed by atoms with Gasteiger partial charge in [0.05, 0.1) is 5.54 Å². The predicted molar refractivity (Wildman–Crippen MR) is 73.5 cm³/mol. The number of methoxy groups -OCH3 is 2. The van der Waals surface area contributed by atoms with E-state index in [4.69, 9.17) is 15.2 Å². The highest BCUT2D eigenvalue weighted by atomic mass is 16.7. The van der Waals surface area contributed by atoms with Crippen molar-refractivity contribution in [3.63, 3.8) is 0 Å². The van der Waals surface area contributed by atoms with E-state index in [1.807, 2.05) is 0 Å². The first-order chi connectivity index (χ1) is 8.53. The van der Waals surface area contributed by atoms with Crippen LogP contribution < -0.4 is 5.73 Å². The van der Waals surface area contributed by atoms with Gasteiger partial charge in [-0.05, 0) is 20.4 Å². The van der Waals surface area contributed by atoms with Crippen LogP contribution in [0.2, 0.25) is 0 Å². The molecule has 0 bridgehead atoms. The molecule has 2 N–H and O–H groups in total. The zero-order valence-corrected chi connectivity index (χ0v) is 12.5. The quantitative estimate of drug-likeness (QED) is 0.698. The zero-order valence-electron chi connectivity index (χ0n) is 12.5. The fraction of sp³-hybridized carbons (Fsp3) is 1.00. The first kappa shape index (κ1) is 15.9. The Hall–Kier alpha value is -0.200. The normalized spacial score (nSPS) is 26.5. The maximum Gasteiger partial charge on any atom is 0.176 e. The van der Waals surface area contributed by atoms with Crippen molar-refractivity contribution in [2.24, 2.45) is 5.73 Å². The van der Waals surface area contributed by atoms with Crippen LogP contribution in [0.1, 0.15) is 20.3 Å². The molecule has 0 amide bonds. The first-order valence-electron chi connectivity index (χ1n) is 6.74. The number of ether oxygens (including phenoxy) is 2. The molecule has 5 heteroatoms. The van der Waals surface area contributed by atoms with Gasteiger partial charge in [0.2, 0.25) is 0 Å². The molecule has 0 aromatic carbocycles. The number of likely N-dealkylation sites (N-methyl/N-ethyl adjacent to an activating group) is 1. The van der Waals surface area contributed by atoms with Crippen molar-refractivity contribution in [2.75, 3.05) is 47.4 Å². The summed E-state index contributed by atoms with van der Waals surface area (Å²) in [4.78, 5) is 4.83. The highest BCUT2D eigenvalue weighted by molar-refractivity contribution is 4.95. The molecule has 0 aliphatic carbocycles. The number of nitrogens with zero attached hydrogens (tertiary/aromatic N) is 2. The van der Waals surface area contributed by atoms with Gasteiger partial charge in [-0.25, -0.2) is 0 Å². The molecule has 18 heavy (non-hydrogen) atoms. The van der Waals surface area contributed by atoms with Crippen LogP contribution in [-0.2, 0) is 9.47 Å². The fourth-order valence-corrected chi connectivity index (χ4v) is 2.83. The van der Waals surface area contributed by atoms with E-state index in [0.29, 0.717) is 12.6 Å². The summed E-state index contributed by atoms with van der Waals surface area (Å²) >= 11 is 0. The summed E-state index contributed by atoms with van der Waals surface area (Å²) in [5.41, 5.74) is 5.73. The third-order valence-electron chi connectivity index (χ3n) is 4.32. The maximum absolute atomic E-state index is 6.00. The molecule has 108 valence electrons. The Bertz CT molecular complexity index is 248. The average molecular weight is 259 g/mol. The Morgan fingerprint density at radius 1 is 1.33 bits per heavy atom. The molecule has 5 nitrogen and oxygen atoms in total. The van der Waals surface area contributed by atoms with Crippen LogP contribution in [0.5, 0.6) is 0 Å². The van der Waals surface area contributed by atoms with Crippen molar-refractivity contribution in [2.45, 2.75) is 38.1 Å². The molecule has 1 aliphatic heterocycles. The fourth-order valence-electron chi connectivity index (χ4n) is 2.83. The number of nitrogens with two attached hydrogens (primary N) is 1. The van der Waals surface area contributed by atoms with E-state index in [1.54, 1.807) is 14.2 Å². The first-order valence-corrected chi connectivity index (χ1v) is 6.74. The maximum atomic E-state index is 6.00. The van der Waals surface area contributed by atoms with Gasteiger partial charge in [0.15, 0.2) is 6.29 Å². The second-order valence-corrected chi connectivity index (χ2v) is 5.35. The molecule has 0 spiro atoms. The molecular formula is C13H29N3O2. The smallest absolute Gasteiger partial charge is 0.176 e. The summed E-state index contributed by atoms with van der Waals surface area (Å²) in [6.07, 6.45) is 0.863. The minimum atomic E-state index is -0.289. The van der Waals surface area contributed by atoms with E-state index in [1.165, 1.54) is 0 Å². The molecule has 0 radical (unpaired) electrons. The number of hydrogen-bond acceptors (Lipinski definition) is 5. The van der Waals surface area contributed by atoms with Crippen LogP contribution in [0, 0.1) is 0 Å². The monoisotopic (exact) mass is 259 g/mol. The van der Waals surface area contributed by atoms with Crippen LogP contribution in [0.3, 0.4) is 0 Å². The number of piperazine rings is 1. The Balaban J connectivity index is 2.81. The van der Waals surface area contributed by atoms with Gasteiger partial charge in [-0.3, -0.25) is 4.90 Å². The molecule has 2 atom stereocenters. The summed E-state index contributed by atoms with van der Waals surface area (Å²) in [7, 11) is 5.54. The molecule has 1 rings (SSSR count). The van der Waals surface area contributed by atoms with Crippen LogP contribution in [0.4, 0.5) is 0 Å². The third kappa shape index (κ3) is 3.03. The van der Waals surface area contributed by atoms with Crippen molar-refractivity contribution in [3.8, 4) is 0 Å². The average Bonchev–Trinajstić information content (AvgIpc) is 2.40. The molecule has 0 saturated carbocycles. The van der Waals surface area contributed by atoms with Gasteiger partial charge in [0.1, 0.15) is 0 Å². The van der Waals surface area contributed by atoms with Gasteiger partial charge >= 0.3 is 0 Å². The van der Waals surface area contributed by atoms with Crippen LogP contribution in [0.15, 0.2) is 0 Å². The largest absolute Gasteiger partial charge is 0.354 e. The van der Waals surface area contributed by atoms with E-state index in [0.717, 1.165) is 26.1 Å². The van der Waals surface area contributed by atoms with Crippen LogP contribution in [0.25, 0.3) is 0 Å². The lowest BCUT2D eigenvalue weighted by molar-refractivity contribution is -0.188. The standard InChI is InChI=1S/C13H29N3O2/c1-6-11-9-16(8-7-15(11)3)13(2,10-14)12(17-4)18-5/h11-12H,6-10,14H2,1-5H3. The van der Waals surface area contributed by atoms with Gasteiger partial charge in [-0.2, -0.15) is 0 Å². The molecular weight excluding hydrogens is 230 g/mol. The van der Waals surface area contributed by atoms with E-state index in [-0.39, 0.29) is 11.8 Å². The summed E-state index contributed by atoms with van der Waals surface area (Å²) in [5, 5.41) is 0. The SMILES string of the molecule is CCC1CN(C(C)(CN)C(OC)OC)CCN1C. The van der Waals surface area contributed by atoms with Crippen molar-refractivity contribution in [1.29, 1.82) is 0 Å². The van der Waals surface area contributed by atoms with Gasteiger partial charge in [-0.1, -0.05) is 6.92 Å². The molecule has 2 unspecified atom stereocenters. The van der Waals surface area contributed by atoms with Gasteiger partial charge in [0, 0.05) is 46.4 Å². The van der Waals surface area contributed by atoms with Crippen molar-refractivity contribution < 1.29 is 9.47 Å². The molecule has 1 saturated heterocycles. The van der Waals surface area contributed by atoms with Gasteiger partial charge in [-0.15, -0.1) is 0 Å². The van der Waals surface area contributed by atoms with E-state index >= 15 is 0 Å². The highest BCUT2D eigenvalue weighted by Crippen LogP contribution is 2.25. The summed E-state index contributed by atoms with van der Waals surface area (Å²) < 4.78 is 10.9. The van der Waals surface area contributed by atoms with Crippen LogP contribution >= 0.6 is 0 Å². The van der Waals surface area contributed by atoms with Crippen molar-refractivity contribution >= 4 is 0 Å². The lowest BCUT2D eigenvalue weighted by atomic mass is 9.95. The summed E-state index contributed by atoms with van der Waals surface area (Å²) in [6, 6.07) is 0.582. The Labute approximate surface area is 111 Å². The molecule has 0 aromatic heterocycles. The third-order valence-corrected chi connectivity index (χ3v) is 4.32. The lowest BCUT2D eigenvalue weighted by Gasteiger charge is -2.50. The Morgan fingerprint density at radius 3 is 2.39 bits per heavy atom. The van der Waals surface area contributed by atoms with Crippen LogP contribution in [-0.4, -0.2) is 75.1 Å². The molecule has 1 heterocycles. The lowest BCUT2D eigenvalue weighted by Crippen LogP contribution is -2.66. The van der Waals surface area contributed by atoms with Crippen molar-refractivity contribution in [3.05, 3.63) is 0 Å². The van der Waals surface area contributed by atoms with Gasteiger partial charge in [0.25, 0.3) is 0 Å². The number of rotatable bonds is 6. The number of hydrogen-bond donors (Lipinski definition) is 1. The van der Waals surface area contributed by atoms with Crippen molar-refractivity contribution in [1.82, 2.24) is 9.80 Å². The minimum absolute atomic E-state index is 0.266. The van der Waals surface area contributed by atoms with E-state index in [2.05, 4.69) is 30.7 Å². The Kier molecular flexibility index (Phi) is 6.01. The summed E-state index contributed by atoms with van der Waals surface area (Å²) in [6.45, 7) is 7.97. The summed E-state index contributed by atoms with van der Waals surface area (Å²) in [5.74, 6) is 0. The zero-order chi connectivity index (χ0) is 13.8. The second kappa shape index (κ2) is 6.82. The Morgan fingerprint density at radius 2 is 1.94 bits per heavy atom. The topological polar surface area (TPSA) is 51.0 Å². The molecule has 0 aromatic rings. The highest BCUT2D eigenvalue weighted by Gasteiger charge is 2.42. The van der Waals surface area contributed by atoms with Gasteiger partial charge < -0.3 is 20.1 Å². The molecule has 1 aliphatic rings. The molecule has 1 fully saturated rings. The van der Waals surface area contributed by atoms with E-state index in [9.17, 15) is 0 Å². The predicted octanol–water partition coefficient (Wildman–Crippen LogP) is 0.349. The minimum Gasteiger partial charge on any atom is -0.354 e. The van der Waals surface area contributed by atoms with E-state index < -0.39 is 0 Å².